The minimum Gasteiger partial charge on any atom is -0.352 e. The highest BCUT2D eigenvalue weighted by molar-refractivity contribution is 6.02. The standard InChI is InChI=1S/C30H36FN3O2/c1-5-7-9-22(3)23(4)33(17-6-2)18-8-16-32-29(35)25-12-13-26-21-34(30(36)28(26)19-25)20-24-10-14-27(31)15-11-24/h5,7,9-15,19,23H,1,3,6,8,16-18,20-21H2,2,4H3,(H,32,35)/b9-7-. The number of carbonyl (C=O) groups is 2. The topological polar surface area (TPSA) is 52.7 Å². The predicted octanol–water partition coefficient (Wildman–Crippen LogP) is 5.50. The molecule has 0 spiro atoms. The predicted molar refractivity (Wildman–Crippen MR) is 143 cm³/mol. The summed E-state index contributed by atoms with van der Waals surface area (Å²) in [5.74, 6) is -0.598. The Kier molecular flexibility index (Phi) is 9.77. The van der Waals surface area contributed by atoms with Gasteiger partial charge in [0.25, 0.3) is 11.8 Å². The Hall–Kier alpha value is -3.51. The van der Waals surface area contributed by atoms with E-state index in [4.69, 9.17) is 0 Å². The molecule has 2 amide bonds. The lowest BCUT2D eigenvalue weighted by atomic mass is 10.1. The minimum atomic E-state index is -0.302. The summed E-state index contributed by atoms with van der Waals surface area (Å²) in [4.78, 5) is 29.8. The van der Waals surface area contributed by atoms with Crippen molar-refractivity contribution in [3.05, 3.63) is 107 Å². The molecule has 0 fully saturated rings. The fourth-order valence-corrected chi connectivity index (χ4v) is 4.38. The monoisotopic (exact) mass is 489 g/mol. The van der Waals surface area contributed by atoms with Crippen LogP contribution in [-0.2, 0) is 13.1 Å². The van der Waals surface area contributed by atoms with E-state index in [0.717, 1.165) is 42.6 Å². The normalized spacial score (nSPS) is 13.8. The molecular formula is C30H36FN3O2. The number of hydrogen-bond acceptors (Lipinski definition) is 3. The molecule has 0 saturated heterocycles. The fraction of sp³-hybridized carbons (Fsp3) is 0.333. The lowest BCUT2D eigenvalue weighted by Crippen LogP contribution is -2.37. The van der Waals surface area contributed by atoms with Gasteiger partial charge in [-0.25, -0.2) is 4.39 Å². The lowest BCUT2D eigenvalue weighted by molar-refractivity contribution is 0.0766. The maximum Gasteiger partial charge on any atom is 0.254 e. The summed E-state index contributed by atoms with van der Waals surface area (Å²) >= 11 is 0. The average Bonchev–Trinajstić information content (AvgIpc) is 3.19. The molecule has 1 aliphatic rings. The van der Waals surface area contributed by atoms with Crippen LogP contribution in [0.4, 0.5) is 4.39 Å². The van der Waals surface area contributed by atoms with Crippen LogP contribution in [0.15, 0.2) is 79.4 Å². The minimum absolute atomic E-state index is 0.112. The summed E-state index contributed by atoms with van der Waals surface area (Å²) in [6.45, 7) is 15.4. The molecule has 0 aromatic heterocycles. The van der Waals surface area contributed by atoms with E-state index in [2.05, 4.69) is 37.2 Å². The molecule has 1 atom stereocenters. The first-order chi connectivity index (χ1) is 17.3. The number of nitrogens with zero attached hydrogens (tertiary/aromatic N) is 2. The molecule has 1 aliphatic heterocycles. The summed E-state index contributed by atoms with van der Waals surface area (Å²) in [5.41, 5.74) is 3.82. The molecule has 1 unspecified atom stereocenters. The Balaban J connectivity index is 1.53. The smallest absolute Gasteiger partial charge is 0.254 e. The van der Waals surface area contributed by atoms with Crippen LogP contribution in [-0.4, -0.2) is 47.3 Å². The first-order valence-electron chi connectivity index (χ1n) is 12.5. The van der Waals surface area contributed by atoms with Gasteiger partial charge in [-0.2, -0.15) is 0 Å². The molecule has 3 rings (SSSR count). The Morgan fingerprint density at radius 3 is 2.67 bits per heavy atom. The van der Waals surface area contributed by atoms with Gasteiger partial charge in [0.15, 0.2) is 0 Å². The van der Waals surface area contributed by atoms with Crippen molar-refractivity contribution in [2.75, 3.05) is 19.6 Å². The molecule has 2 aromatic rings. The van der Waals surface area contributed by atoms with Crippen molar-refractivity contribution in [3.8, 4) is 0 Å². The maximum absolute atomic E-state index is 13.2. The highest BCUT2D eigenvalue weighted by Gasteiger charge is 2.28. The SMILES string of the molecule is C=C/C=C\C(=C)C(C)N(CCC)CCCNC(=O)c1ccc2c(c1)C(=O)N(Cc1ccc(F)cc1)C2. The molecule has 0 bridgehead atoms. The average molecular weight is 490 g/mol. The lowest BCUT2D eigenvalue weighted by Gasteiger charge is -2.29. The van der Waals surface area contributed by atoms with Gasteiger partial charge < -0.3 is 10.2 Å². The second-order valence-corrected chi connectivity index (χ2v) is 9.15. The number of rotatable bonds is 13. The van der Waals surface area contributed by atoms with Crippen molar-refractivity contribution in [2.45, 2.75) is 45.8 Å². The largest absolute Gasteiger partial charge is 0.352 e. The third kappa shape index (κ3) is 7.01. The number of benzene rings is 2. The van der Waals surface area contributed by atoms with Gasteiger partial charge in [-0.1, -0.05) is 56.5 Å². The summed E-state index contributed by atoms with van der Waals surface area (Å²) in [6.07, 6.45) is 7.47. The summed E-state index contributed by atoms with van der Waals surface area (Å²) in [5, 5.41) is 2.99. The van der Waals surface area contributed by atoms with E-state index in [1.165, 1.54) is 12.1 Å². The molecule has 2 aromatic carbocycles. The third-order valence-corrected chi connectivity index (χ3v) is 6.49. The summed E-state index contributed by atoms with van der Waals surface area (Å²) < 4.78 is 13.2. The number of amides is 2. The molecule has 0 saturated carbocycles. The van der Waals surface area contributed by atoms with E-state index in [-0.39, 0.29) is 23.7 Å². The zero-order chi connectivity index (χ0) is 26.1. The number of allylic oxidation sites excluding steroid dienone is 2. The van der Waals surface area contributed by atoms with E-state index in [9.17, 15) is 14.0 Å². The number of fused-ring (bicyclic) bond motifs is 1. The van der Waals surface area contributed by atoms with E-state index in [1.807, 2.05) is 18.2 Å². The Morgan fingerprint density at radius 1 is 1.22 bits per heavy atom. The van der Waals surface area contributed by atoms with Crippen LogP contribution < -0.4 is 5.32 Å². The molecule has 0 radical (unpaired) electrons. The zero-order valence-electron chi connectivity index (χ0n) is 21.3. The molecule has 1 N–H and O–H groups in total. The molecule has 190 valence electrons. The van der Waals surface area contributed by atoms with Crippen LogP contribution in [0.2, 0.25) is 0 Å². The van der Waals surface area contributed by atoms with Crippen LogP contribution >= 0.6 is 0 Å². The number of halogens is 1. The van der Waals surface area contributed by atoms with Crippen molar-refractivity contribution < 1.29 is 14.0 Å². The maximum atomic E-state index is 13.2. The van der Waals surface area contributed by atoms with Crippen LogP contribution in [0.3, 0.4) is 0 Å². The van der Waals surface area contributed by atoms with Crippen LogP contribution in [0.5, 0.6) is 0 Å². The molecule has 1 heterocycles. The second kappa shape index (κ2) is 13.0. The fourth-order valence-electron chi connectivity index (χ4n) is 4.38. The highest BCUT2D eigenvalue weighted by atomic mass is 19.1. The number of carbonyl (C=O) groups excluding carboxylic acids is 2. The molecule has 6 heteroatoms. The van der Waals surface area contributed by atoms with Gasteiger partial charge >= 0.3 is 0 Å². The van der Waals surface area contributed by atoms with Gasteiger partial charge in [0.05, 0.1) is 0 Å². The number of hydrogen-bond donors (Lipinski definition) is 1. The molecular weight excluding hydrogens is 453 g/mol. The van der Waals surface area contributed by atoms with Crippen molar-refractivity contribution in [1.82, 2.24) is 15.1 Å². The first kappa shape index (κ1) is 27.1. The van der Waals surface area contributed by atoms with E-state index in [1.54, 1.807) is 35.2 Å². The van der Waals surface area contributed by atoms with Gasteiger partial charge in [-0.3, -0.25) is 14.5 Å². The molecule has 36 heavy (non-hydrogen) atoms. The Morgan fingerprint density at radius 2 is 1.97 bits per heavy atom. The van der Waals surface area contributed by atoms with E-state index in [0.29, 0.717) is 30.8 Å². The van der Waals surface area contributed by atoms with Gasteiger partial charge in [0.1, 0.15) is 5.82 Å². The summed E-state index contributed by atoms with van der Waals surface area (Å²) in [7, 11) is 0. The Labute approximate surface area is 214 Å². The van der Waals surface area contributed by atoms with Gasteiger partial charge in [0, 0.05) is 43.3 Å². The van der Waals surface area contributed by atoms with E-state index < -0.39 is 0 Å². The number of nitrogens with one attached hydrogen (secondary N) is 1. The van der Waals surface area contributed by atoms with Crippen LogP contribution in [0, 0.1) is 5.82 Å². The Bertz CT molecular complexity index is 1120. The van der Waals surface area contributed by atoms with Gasteiger partial charge in [-0.05, 0) is 67.3 Å². The zero-order valence-corrected chi connectivity index (χ0v) is 21.3. The van der Waals surface area contributed by atoms with Crippen molar-refractivity contribution in [3.63, 3.8) is 0 Å². The quantitative estimate of drug-likeness (QED) is 0.299. The molecule has 5 nitrogen and oxygen atoms in total. The molecule has 0 aliphatic carbocycles. The first-order valence-corrected chi connectivity index (χ1v) is 12.5. The van der Waals surface area contributed by atoms with Crippen LogP contribution in [0.1, 0.15) is 58.5 Å². The third-order valence-electron chi connectivity index (χ3n) is 6.49. The van der Waals surface area contributed by atoms with Crippen molar-refractivity contribution in [1.29, 1.82) is 0 Å². The van der Waals surface area contributed by atoms with Crippen molar-refractivity contribution in [2.24, 2.45) is 0 Å². The van der Waals surface area contributed by atoms with Crippen LogP contribution in [0.25, 0.3) is 0 Å². The van der Waals surface area contributed by atoms with Gasteiger partial charge in [0.2, 0.25) is 0 Å². The second-order valence-electron chi connectivity index (χ2n) is 9.15. The van der Waals surface area contributed by atoms with Gasteiger partial charge in [-0.15, -0.1) is 0 Å². The van der Waals surface area contributed by atoms with E-state index >= 15 is 0 Å². The summed E-state index contributed by atoms with van der Waals surface area (Å²) in [6, 6.07) is 11.6. The highest BCUT2D eigenvalue weighted by Crippen LogP contribution is 2.25. The van der Waals surface area contributed by atoms with Crippen molar-refractivity contribution >= 4 is 11.8 Å².